The molecule has 1 amide bonds. The summed E-state index contributed by atoms with van der Waals surface area (Å²) in [6.07, 6.45) is -0.0366. The highest BCUT2D eigenvalue weighted by Gasteiger charge is 2.15. The summed E-state index contributed by atoms with van der Waals surface area (Å²) in [4.78, 5) is 26.3. The van der Waals surface area contributed by atoms with Gasteiger partial charge >= 0.3 is 0 Å². The van der Waals surface area contributed by atoms with Crippen molar-refractivity contribution in [3.63, 3.8) is 0 Å². The van der Waals surface area contributed by atoms with E-state index in [9.17, 15) is 9.59 Å². The summed E-state index contributed by atoms with van der Waals surface area (Å²) < 4.78 is 5.40. The van der Waals surface area contributed by atoms with Gasteiger partial charge in [-0.05, 0) is 32.9 Å². The second-order valence-corrected chi connectivity index (χ2v) is 3.61. The fourth-order valence-electron chi connectivity index (χ4n) is 1.31. The van der Waals surface area contributed by atoms with E-state index in [4.69, 9.17) is 4.74 Å². The number of amides is 1. The number of nitrogens with zero attached hydrogens (tertiary/aromatic N) is 1. The number of hydrogen-bond donors (Lipinski definition) is 1. The highest BCUT2D eigenvalue weighted by Crippen LogP contribution is 2.16. The van der Waals surface area contributed by atoms with Gasteiger partial charge in [0.25, 0.3) is 5.91 Å². The van der Waals surface area contributed by atoms with Crippen LogP contribution in [0, 0.1) is 6.92 Å². The lowest BCUT2D eigenvalue weighted by Crippen LogP contribution is -2.36. The van der Waals surface area contributed by atoms with Crippen LogP contribution in [0.15, 0.2) is 12.1 Å². The number of aldehydes is 1. The largest absolute Gasteiger partial charge is 0.479 e. The van der Waals surface area contributed by atoms with Crippen molar-refractivity contribution in [1.82, 2.24) is 10.3 Å². The lowest BCUT2D eigenvalue weighted by molar-refractivity contribution is -0.127. The van der Waals surface area contributed by atoms with E-state index in [0.717, 1.165) is 5.69 Å². The molecule has 1 rings (SSSR count). The van der Waals surface area contributed by atoms with Crippen LogP contribution < -0.4 is 10.1 Å². The quantitative estimate of drug-likeness (QED) is 0.777. The first-order valence-corrected chi connectivity index (χ1v) is 5.45. The van der Waals surface area contributed by atoms with Crippen molar-refractivity contribution < 1.29 is 14.3 Å². The maximum Gasteiger partial charge on any atom is 0.260 e. The summed E-state index contributed by atoms with van der Waals surface area (Å²) in [6, 6.07) is 3.37. The first-order valence-electron chi connectivity index (χ1n) is 5.45. The average molecular weight is 236 g/mol. The molecule has 1 aromatic heterocycles. The Bertz CT molecular complexity index is 418. The van der Waals surface area contributed by atoms with Gasteiger partial charge in [-0.2, -0.15) is 0 Å². The van der Waals surface area contributed by atoms with Crippen LogP contribution in [0.5, 0.6) is 5.75 Å². The number of rotatable bonds is 5. The first kappa shape index (κ1) is 13.2. The molecule has 0 aliphatic heterocycles. The van der Waals surface area contributed by atoms with E-state index in [0.29, 0.717) is 18.6 Å². The van der Waals surface area contributed by atoms with Crippen LogP contribution in [0.3, 0.4) is 0 Å². The van der Waals surface area contributed by atoms with Crippen molar-refractivity contribution in [1.29, 1.82) is 0 Å². The summed E-state index contributed by atoms with van der Waals surface area (Å²) in [5.41, 5.74) is 0.936. The molecule has 0 aliphatic carbocycles. The highest BCUT2D eigenvalue weighted by atomic mass is 16.5. The number of carbonyl (C=O) groups excluding carboxylic acids is 2. The normalized spacial score (nSPS) is 11.7. The number of carbonyl (C=O) groups is 2. The fourth-order valence-corrected chi connectivity index (χ4v) is 1.31. The maximum atomic E-state index is 11.5. The summed E-state index contributed by atoms with van der Waals surface area (Å²) in [5, 5.41) is 2.64. The predicted octanol–water partition coefficient (Wildman–Crippen LogP) is 1.11. The third-order valence-corrected chi connectivity index (χ3v) is 2.16. The Kier molecular flexibility index (Phi) is 4.63. The molecule has 0 radical (unpaired) electrons. The Morgan fingerprint density at radius 1 is 1.59 bits per heavy atom. The lowest BCUT2D eigenvalue weighted by Gasteiger charge is -2.14. The molecule has 0 fully saturated rings. The van der Waals surface area contributed by atoms with Gasteiger partial charge in [-0.25, -0.2) is 4.98 Å². The zero-order chi connectivity index (χ0) is 12.8. The van der Waals surface area contributed by atoms with Gasteiger partial charge in [0.15, 0.2) is 12.4 Å². The summed E-state index contributed by atoms with van der Waals surface area (Å²) >= 11 is 0. The zero-order valence-electron chi connectivity index (χ0n) is 10.2. The molecule has 0 spiro atoms. The molecule has 0 aromatic carbocycles. The van der Waals surface area contributed by atoms with Gasteiger partial charge in [0, 0.05) is 12.2 Å². The Morgan fingerprint density at radius 2 is 2.29 bits per heavy atom. The molecule has 0 saturated carbocycles. The lowest BCUT2D eigenvalue weighted by atomic mass is 10.3. The molecule has 1 unspecified atom stereocenters. The molecule has 0 bridgehead atoms. The Balaban J connectivity index is 2.80. The molecule has 0 saturated heterocycles. The van der Waals surface area contributed by atoms with E-state index in [2.05, 4.69) is 10.3 Å². The van der Waals surface area contributed by atoms with Crippen LogP contribution in [0.4, 0.5) is 0 Å². The number of hydrogen-bond acceptors (Lipinski definition) is 4. The van der Waals surface area contributed by atoms with Crippen LogP contribution in [0.2, 0.25) is 0 Å². The predicted molar refractivity (Wildman–Crippen MR) is 63.1 cm³/mol. The standard InChI is InChI=1S/C12H16N2O3/c1-4-13-12(16)9(3)17-11-6-5-8(2)14-10(11)7-15/h5-7,9H,4H2,1-3H3,(H,13,16). The van der Waals surface area contributed by atoms with Crippen LogP contribution in [-0.4, -0.2) is 29.8 Å². The van der Waals surface area contributed by atoms with Crippen LogP contribution in [0.25, 0.3) is 0 Å². The number of aromatic nitrogens is 1. The van der Waals surface area contributed by atoms with Gasteiger partial charge in [0.2, 0.25) is 0 Å². The minimum atomic E-state index is -0.654. The SMILES string of the molecule is CCNC(=O)C(C)Oc1ccc(C)nc1C=O. The van der Waals surface area contributed by atoms with Crippen molar-refractivity contribution in [2.24, 2.45) is 0 Å². The molecule has 0 aliphatic rings. The first-order chi connectivity index (χ1) is 8.08. The van der Waals surface area contributed by atoms with Gasteiger partial charge in [-0.15, -0.1) is 0 Å². The van der Waals surface area contributed by atoms with E-state index in [-0.39, 0.29) is 11.6 Å². The average Bonchev–Trinajstić information content (AvgIpc) is 2.31. The number of pyridine rings is 1. The minimum absolute atomic E-state index is 0.209. The van der Waals surface area contributed by atoms with Crippen molar-refractivity contribution in [2.45, 2.75) is 26.9 Å². The van der Waals surface area contributed by atoms with Crippen molar-refractivity contribution in [3.05, 3.63) is 23.5 Å². The summed E-state index contributed by atoms with van der Waals surface area (Å²) in [7, 11) is 0. The maximum absolute atomic E-state index is 11.5. The second-order valence-electron chi connectivity index (χ2n) is 3.61. The fraction of sp³-hybridized carbons (Fsp3) is 0.417. The Morgan fingerprint density at radius 3 is 2.88 bits per heavy atom. The van der Waals surface area contributed by atoms with E-state index >= 15 is 0 Å². The van der Waals surface area contributed by atoms with Gasteiger partial charge in [-0.3, -0.25) is 9.59 Å². The number of nitrogens with one attached hydrogen (secondary N) is 1. The van der Waals surface area contributed by atoms with E-state index in [1.54, 1.807) is 26.0 Å². The molecule has 5 heteroatoms. The van der Waals surface area contributed by atoms with E-state index in [1.807, 2.05) is 6.92 Å². The molecule has 1 N–H and O–H groups in total. The number of likely N-dealkylation sites (N-methyl/N-ethyl adjacent to an activating group) is 1. The van der Waals surface area contributed by atoms with Crippen molar-refractivity contribution in [2.75, 3.05) is 6.54 Å². The summed E-state index contributed by atoms with van der Waals surface area (Å²) in [5.74, 6) is 0.106. The molecular weight excluding hydrogens is 220 g/mol. The minimum Gasteiger partial charge on any atom is -0.479 e. The van der Waals surface area contributed by atoms with Gasteiger partial charge < -0.3 is 10.1 Å². The molecule has 5 nitrogen and oxygen atoms in total. The molecule has 1 heterocycles. The monoisotopic (exact) mass is 236 g/mol. The second kappa shape index (κ2) is 5.98. The number of aryl methyl sites for hydroxylation is 1. The Labute approximate surface area is 100 Å². The molecular formula is C12H16N2O3. The van der Waals surface area contributed by atoms with Gasteiger partial charge in [0.05, 0.1) is 0 Å². The van der Waals surface area contributed by atoms with Crippen LogP contribution >= 0.6 is 0 Å². The molecule has 17 heavy (non-hydrogen) atoms. The van der Waals surface area contributed by atoms with Crippen LogP contribution in [0.1, 0.15) is 30.0 Å². The van der Waals surface area contributed by atoms with E-state index < -0.39 is 6.10 Å². The molecule has 92 valence electrons. The summed E-state index contributed by atoms with van der Waals surface area (Å²) in [6.45, 7) is 5.78. The highest BCUT2D eigenvalue weighted by molar-refractivity contribution is 5.81. The van der Waals surface area contributed by atoms with Gasteiger partial charge in [-0.1, -0.05) is 0 Å². The van der Waals surface area contributed by atoms with Crippen molar-refractivity contribution in [3.8, 4) is 5.75 Å². The third kappa shape index (κ3) is 3.55. The zero-order valence-corrected chi connectivity index (χ0v) is 10.2. The topological polar surface area (TPSA) is 68.3 Å². The van der Waals surface area contributed by atoms with E-state index in [1.165, 1.54) is 0 Å². The van der Waals surface area contributed by atoms with Crippen molar-refractivity contribution >= 4 is 12.2 Å². The number of ether oxygens (including phenoxy) is 1. The third-order valence-electron chi connectivity index (χ3n) is 2.16. The smallest absolute Gasteiger partial charge is 0.260 e. The van der Waals surface area contributed by atoms with Crippen LogP contribution in [-0.2, 0) is 4.79 Å². The Hall–Kier alpha value is -1.91. The molecule has 1 atom stereocenters. The van der Waals surface area contributed by atoms with Gasteiger partial charge in [0.1, 0.15) is 11.4 Å². The molecule has 1 aromatic rings.